The van der Waals surface area contributed by atoms with Crippen molar-refractivity contribution in [3.63, 3.8) is 0 Å². The Morgan fingerprint density at radius 3 is 2.89 bits per heavy atom. The summed E-state index contributed by atoms with van der Waals surface area (Å²) in [6, 6.07) is 6.50. The van der Waals surface area contributed by atoms with E-state index in [1.165, 1.54) is 12.1 Å². The quantitative estimate of drug-likeness (QED) is 0.498. The van der Waals surface area contributed by atoms with Crippen molar-refractivity contribution in [2.24, 2.45) is 0 Å². The van der Waals surface area contributed by atoms with E-state index in [0.717, 1.165) is 34.2 Å². The highest BCUT2D eigenvalue weighted by Crippen LogP contribution is 2.31. The first-order chi connectivity index (χ1) is 13.1. The second-order valence-electron chi connectivity index (χ2n) is 5.82. The molecule has 0 fully saturated rings. The van der Waals surface area contributed by atoms with E-state index < -0.39 is 6.16 Å². The fourth-order valence-electron chi connectivity index (χ4n) is 2.66. The largest absolute Gasteiger partial charge is 0.511 e. The summed E-state index contributed by atoms with van der Waals surface area (Å²) in [5.74, 6) is 0.902. The maximum atomic E-state index is 13.0. The van der Waals surface area contributed by atoms with Crippen LogP contribution in [-0.2, 0) is 17.7 Å². The summed E-state index contributed by atoms with van der Waals surface area (Å²) < 4.78 is 17.9. The van der Waals surface area contributed by atoms with E-state index in [9.17, 15) is 9.18 Å². The zero-order chi connectivity index (χ0) is 19.1. The number of thioether (sulfide) groups is 1. The summed E-state index contributed by atoms with van der Waals surface area (Å²) in [5, 5.41) is 12.7. The number of halogens is 1. The molecule has 1 aromatic heterocycles. The summed E-state index contributed by atoms with van der Waals surface area (Å²) in [7, 11) is 0. The van der Waals surface area contributed by atoms with Gasteiger partial charge in [0, 0.05) is 18.1 Å². The number of rotatable bonds is 8. The number of allylic oxidation sites excluding steroid dienone is 1. The first kappa shape index (κ1) is 19.4. The molecule has 0 radical (unpaired) electrons. The van der Waals surface area contributed by atoms with Crippen molar-refractivity contribution in [2.75, 3.05) is 12.3 Å². The highest BCUT2D eigenvalue weighted by Gasteiger charge is 2.21. The number of aryl methyl sites for hydroxylation is 1. The Morgan fingerprint density at radius 2 is 2.19 bits per heavy atom. The number of ether oxygens (including phenoxy) is 1. The molecule has 27 heavy (non-hydrogen) atoms. The van der Waals surface area contributed by atoms with E-state index >= 15 is 0 Å². The lowest BCUT2D eigenvalue weighted by atomic mass is 10.1. The maximum absolute atomic E-state index is 13.0. The number of thiazole rings is 1. The minimum absolute atomic E-state index is 0.236. The number of carboxylic acid groups (broad SMARTS) is 1. The van der Waals surface area contributed by atoms with Crippen LogP contribution in [-0.4, -0.2) is 33.4 Å². The minimum atomic E-state index is -1.32. The van der Waals surface area contributed by atoms with Crippen LogP contribution >= 0.6 is 23.1 Å². The molecule has 2 aromatic rings. The molecule has 142 valence electrons. The van der Waals surface area contributed by atoms with Gasteiger partial charge in [-0.2, -0.15) is 0 Å². The van der Waals surface area contributed by atoms with Crippen molar-refractivity contribution >= 4 is 29.3 Å². The van der Waals surface area contributed by atoms with Crippen molar-refractivity contribution in [3.05, 3.63) is 75.2 Å². The Kier molecular flexibility index (Phi) is 6.89. The third-order valence-electron chi connectivity index (χ3n) is 3.86. The Balaban J connectivity index is 1.63. The van der Waals surface area contributed by atoms with E-state index in [1.54, 1.807) is 47.5 Å². The van der Waals surface area contributed by atoms with Crippen LogP contribution in [0.3, 0.4) is 0 Å². The van der Waals surface area contributed by atoms with E-state index in [4.69, 9.17) is 9.84 Å². The molecular weight excluding hydrogens is 387 g/mol. The third kappa shape index (κ3) is 5.83. The van der Waals surface area contributed by atoms with E-state index in [2.05, 4.69) is 9.88 Å². The monoisotopic (exact) mass is 406 g/mol. The molecule has 2 heterocycles. The van der Waals surface area contributed by atoms with Gasteiger partial charge in [0.1, 0.15) is 15.9 Å². The van der Waals surface area contributed by atoms with E-state index in [0.29, 0.717) is 18.8 Å². The van der Waals surface area contributed by atoms with Crippen molar-refractivity contribution in [3.8, 4) is 0 Å². The fraction of sp³-hybridized carbons (Fsp3) is 0.263. The lowest BCUT2D eigenvalue weighted by Gasteiger charge is -2.28. The molecule has 0 saturated heterocycles. The molecule has 3 rings (SSSR count). The molecule has 0 spiro atoms. The number of benzene rings is 1. The molecule has 0 unspecified atom stereocenters. The van der Waals surface area contributed by atoms with Gasteiger partial charge >= 0.3 is 6.16 Å². The van der Waals surface area contributed by atoms with Gasteiger partial charge in [-0.05, 0) is 42.4 Å². The first-order valence-electron chi connectivity index (χ1n) is 8.44. The van der Waals surface area contributed by atoms with Crippen LogP contribution in [0.2, 0.25) is 0 Å². The van der Waals surface area contributed by atoms with E-state index in [1.807, 2.05) is 11.5 Å². The second-order valence-corrected chi connectivity index (χ2v) is 7.89. The van der Waals surface area contributed by atoms with E-state index in [-0.39, 0.29) is 5.82 Å². The lowest BCUT2D eigenvalue weighted by Crippen LogP contribution is -2.26. The molecular formula is C19H19FN2O3S2. The van der Waals surface area contributed by atoms with Gasteiger partial charge in [-0.15, -0.1) is 23.1 Å². The Labute approximate surface area is 165 Å². The van der Waals surface area contributed by atoms with Crippen LogP contribution in [0.15, 0.2) is 58.8 Å². The molecule has 0 bridgehead atoms. The second kappa shape index (κ2) is 9.57. The maximum Gasteiger partial charge on any atom is 0.511 e. The Bertz CT molecular complexity index is 820. The number of aromatic nitrogens is 1. The topological polar surface area (TPSA) is 62.7 Å². The molecule has 1 aliphatic heterocycles. The molecule has 8 heteroatoms. The van der Waals surface area contributed by atoms with Gasteiger partial charge in [-0.1, -0.05) is 18.2 Å². The molecule has 0 amide bonds. The molecule has 1 N–H and O–H groups in total. The van der Waals surface area contributed by atoms with Crippen molar-refractivity contribution in [2.45, 2.75) is 19.4 Å². The molecule has 0 atom stereocenters. The SMILES string of the molecule is O=C(O)OC1=C(SCCCc2ccc(F)cc2)N(Cc2nccs2)CC=C1. The number of hydrogen-bond donors (Lipinski definition) is 1. The predicted molar refractivity (Wildman–Crippen MR) is 105 cm³/mol. The lowest BCUT2D eigenvalue weighted by molar-refractivity contribution is 0.119. The van der Waals surface area contributed by atoms with Gasteiger partial charge in [0.25, 0.3) is 0 Å². The Hall–Kier alpha value is -2.32. The van der Waals surface area contributed by atoms with Gasteiger partial charge in [-0.3, -0.25) is 0 Å². The van der Waals surface area contributed by atoms with Crippen molar-refractivity contribution in [1.29, 1.82) is 0 Å². The summed E-state index contributed by atoms with van der Waals surface area (Å²) in [5.41, 5.74) is 1.08. The van der Waals surface area contributed by atoms with Crippen LogP contribution in [0.25, 0.3) is 0 Å². The summed E-state index contributed by atoms with van der Waals surface area (Å²) >= 11 is 3.13. The van der Waals surface area contributed by atoms with Gasteiger partial charge in [0.2, 0.25) is 0 Å². The smallest absolute Gasteiger partial charge is 0.449 e. The number of carbonyl (C=O) groups is 1. The van der Waals surface area contributed by atoms with Crippen LogP contribution in [0.4, 0.5) is 9.18 Å². The normalized spacial score (nSPS) is 13.9. The molecule has 5 nitrogen and oxygen atoms in total. The first-order valence-corrected chi connectivity index (χ1v) is 10.3. The highest BCUT2D eigenvalue weighted by molar-refractivity contribution is 8.03. The van der Waals surface area contributed by atoms with Gasteiger partial charge in [-0.25, -0.2) is 14.2 Å². The average molecular weight is 407 g/mol. The Morgan fingerprint density at radius 1 is 1.37 bits per heavy atom. The summed E-state index contributed by atoms with van der Waals surface area (Å²) in [4.78, 5) is 17.4. The van der Waals surface area contributed by atoms with Gasteiger partial charge < -0.3 is 14.7 Å². The zero-order valence-electron chi connectivity index (χ0n) is 14.5. The van der Waals surface area contributed by atoms with Gasteiger partial charge in [0.15, 0.2) is 5.76 Å². The van der Waals surface area contributed by atoms with Crippen LogP contribution < -0.4 is 0 Å². The fourth-order valence-corrected chi connectivity index (χ4v) is 4.34. The van der Waals surface area contributed by atoms with Gasteiger partial charge in [0.05, 0.1) is 6.54 Å². The van der Waals surface area contributed by atoms with Crippen LogP contribution in [0, 0.1) is 5.82 Å². The highest BCUT2D eigenvalue weighted by atomic mass is 32.2. The molecule has 0 aliphatic carbocycles. The van der Waals surface area contributed by atoms with Crippen molar-refractivity contribution in [1.82, 2.24) is 9.88 Å². The average Bonchev–Trinajstić information content (AvgIpc) is 3.14. The molecule has 1 aromatic carbocycles. The summed E-state index contributed by atoms with van der Waals surface area (Å²) in [6.07, 6.45) is 5.74. The van der Waals surface area contributed by atoms with Crippen molar-refractivity contribution < 1.29 is 19.0 Å². The zero-order valence-corrected chi connectivity index (χ0v) is 16.1. The van der Waals surface area contributed by atoms with Crippen LogP contribution in [0.1, 0.15) is 17.0 Å². The minimum Gasteiger partial charge on any atom is -0.449 e. The predicted octanol–water partition coefficient (Wildman–Crippen LogP) is 4.88. The summed E-state index contributed by atoms with van der Waals surface area (Å²) in [6.45, 7) is 1.28. The van der Waals surface area contributed by atoms with Crippen LogP contribution in [0.5, 0.6) is 0 Å². The number of hydrogen-bond acceptors (Lipinski definition) is 6. The number of nitrogens with zero attached hydrogens (tertiary/aromatic N) is 2. The molecule has 1 aliphatic rings. The third-order valence-corrected chi connectivity index (χ3v) is 5.85. The molecule has 0 saturated carbocycles. The standard InChI is InChI=1S/C19H19FN2O3S2/c20-15-7-5-14(6-8-15)3-2-11-27-18-16(25-19(23)24)4-1-10-22(18)13-17-21-9-12-26-17/h1,4-9,12H,2-3,10-11,13H2,(H,23,24).